The first-order chi connectivity index (χ1) is 14.1. The van der Waals surface area contributed by atoms with E-state index >= 15 is 0 Å². The maximum atomic E-state index is 13.4. The minimum atomic E-state index is -0.416. The smallest absolute Gasteiger partial charge is 0.254 e. The highest BCUT2D eigenvalue weighted by Gasteiger charge is 2.26. The van der Waals surface area contributed by atoms with E-state index in [1.165, 1.54) is 11.8 Å². The molecule has 6 heteroatoms. The number of hydrogen-bond acceptors (Lipinski definition) is 4. The van der Waals surface area contributed by atoms with Crippen molar-refractivity contribution in [1.82, 2.24) is 9.97 Å². The van der Waals surface area contributed by atoms with Gasteiger partial charge >= 0.3 is 0 Å². The van der Waals surface area contributed by atoms with Crippen molar-refractivity contribution in [2.45, 2.75) is 43.0 Å². The third-order valence-corrected chi connectivity index (χ3v) is 6.03. The van der Waals surface area contributed by atoms with Crippen LogP contribution in [0.3, 0.4) is 0 Å². The molecule has 5 nitrogen and oxygen atoms in total. The fraction of sp³-hybridized carbons (Fsp3) is 0.261. The standard InChI is InChI=1S/C23H23N3O2S/c1-16(29-23-24-20-15-9-8-14-19(20)21(27)25-23)22(28)26(17-10-4-2-5-11-17)18-12-6-3-7-13-18/h2-7,10-13,16H,8-9,14-15H2,1H3,(H,24,25,27)/t16-/m0/s1. The molecule has 0 spiro atoms. The van der Waals surface area contributed by atoms with Crippen LogP contribution in [0.5, 0.6) is 0 Å². The van der Waals surface area contributed by atoms with Crippen LogP contribution >= 0.6 is 11.8 Å². The number of nitrogens with one attached hydrogen (secondary N) is 1. The number of fused-ring (bicyclic) bond motifs is 1. The molecule has 1 atom stereocenters. The topological polar surface area (TPSA) is 66.1 Å². The summed E-state index contributed by atoms with van der Waals surface area (Å²) in [6.07, 6.45) is 3.70. The first-order valence-corrected chi connectivity index (χ1v) is 10.7. The Morgan fingerprint density at radius 1 is 1.00 bits per heavy atom. The number of aromatic nitrogens is 2. The van der Waals surface area contributed by atoms with Crippen LogP contribution < -0.4 is 10.5 Å². The highest BCUT2D eigenvalue weighted by atomic mass is 32.2. The van der Waals surface area contributed by atoms with Crippen molar-refractivity contribution in [3.8, 4) is 0 Å². The lowest BCUT2D eigenvalue weighted by atomic mass is 9.97. The van der Waals surface area contributed by atoms with E-state index in [1.807, 2.05) is 67.6 Å². The molecule has 1 N–H and O–H groups in total. The van der Waals surface area contributed by atoms with E-state index in [9.17, 15) is 9.59 Å². The predicted octanol–water partition coefficient (Wildman–Crippen LogP) is 4.49. The second kappa shape index (κ2) is 8.66. The Kier molecular flexibility index (Phi) is 5.81. The van der Waals surface area contributed by atoms with Crippen molar-refractivity contribution in [1.29, 1.82) is 0 Å². The number of anilines is 2. The molecule has 0 fully saturated rings. The first kappa shape index (κ1) is 19.5. The zero-order chi connectivity index (χ0) is 20.2. The third-order valence-electron chi connectivity index (χ3n) is 5.06. The van der Waals surface area contributed by atoms with Gasteiger partial charge in [0.05, 0.1) is 10.9 Å². The zero-order valence-electron chi connectivity index (χ0n) is 16.3. The number of carbonyl (C=O) groups is 1. The van der Waals surface area contributed by atoms with Gasteiger partial charge in [-0.2, -0.15) is 0 Å². The van der Waals surface area contributed by atoms with Gasteiger partial charge in [0, 0.05) is 16.9 Å². The monoisotopic (exact) mass is 405 g/mol. The summed E-state index contributed by atoms with van der Waals surface area (Å²) in [4.78, 5) is 35.0. The molecular formula is C23H23N3O2S. The third kappa shape index (κ3) is 4.27. The molecule has 0 aliphatic heterocycles. The molecule has 0 saturated carbocycles. The number of thioether (sulfide) groups is 1. The number of carbonyl (C=O) groups excluding carboxylic acids is 1. The molecule has 4 rings (SSSR count). The van der Waals surface area contributed by atoms with Crippen LogP contribution in [0.25, 0.3) is 0 Å². The van der Waals surface area contributed by atoms with Gasteiger partial charge in [-0.05, 0) is 56.9 Å². The Labute approximate surface area is 174 Å². The fourth-order valence-electron chi connectivity index (χ4n) is 3.59. The molecule has 1 heterocycles. The Bertz CT molecular complexity index is 1010. The lowest BCUT2D eigenvalue weighted by molar-refractivity contribution is -0.117. The number of benzene rings is 2. The maximum Gasteiger partial charge on any atom is 0.254 e. The fourth-order valence-corrected chi connectivity index (χ4v) is 4.45. The molecule has 2 aromatic carbocycles. The molecule has 0 unspecified atom stereocenters. The highest BCUT2D eigenvalue weighted by Crippen LogP contribution is 2.30. The van der Waals surface area contributed by atoms with Gasteiger partial charge in [-0.25, -0.2) is 4.98 Å². The van der Waals surface area contributed by atoms with Crippen molar-refractivity contribution in [2.75, 3.05) is 4.90 Å². The van der Waals surface area contributed by atoms with Crippen LogP contribution in [0.15, 0.2) is 70.6 Å². The minimum absolute atomic E-state index is 0.0623. The van der Waals surface area contributed by atoms with Gasteiger partial charge in [-0.3, -0.25) is 14.5 Å². The molecule has 0 radical (unpaired) electrons. The van der Waals surface area contributed by atoms with Crippen LogP contribution in [0.1, 0.15) is 31.0 Å². The van der Waals surface area contributed by atoms with Crippen molar-refractivity contribution in [3.63, 3.8) is 0 Å². The zero-order valence-corrected chi connectivity index (χ0v) is 17.1. The van der Waals surface area contributed by atoms with Crippen LogP contribution in [-0.4, -0.2) is 21.1 Å². The second-order valence-corrected chi connectivity index (χ2v) is 8.44. The number of H-pyrrole nitrogens is 1. The van der Waals surface area contributed by atoms with Crippen molar-refractivity contribution >= 4 is 29.0 Å². The van der Waals surface area contributed by atoms with Gasteiger partial charge in [-0.1, -0.05) is 48.2 Å². The van der Waals surface area contributed by atoms with Crippen LogP contribution in [-0.2, 0) is 17.6 Å². The molecule has 29 heavy (non-hydrogen) atoms. The minimum Gasteiger partial charge on any atom is -0.301 e. The summed E-state index contributed by atoms with van der Waals surface area (Å²) in [7, 11) is 0. The summed E-state index contributed by atoms with van der Waals surface area (Å²) < 4.78 is 0. The Morgan fingerprint density at radius 3 is 2.21 bits per heavy atom. The largest absolute Gasteiger partial charge is 0.301 e. The van der Waals surface area contributed by atoms with Gasteiger partial charge in [0.2, 0.25) is 5.91 Å². The summed E-state index contributed by atoms with van der Waals surface area (Å²) in [6.45, 7) is 1.85. The lowest BCUT2D eigenvalue weighted by Crippen LogP contribution is -2.33. The molecular weight excluding hydrogens is 382 g/mol. The number of aryl methyl sites for hydroxylation is 1. The second-order valence-electron chi connectivity index (χ2n) is 7.11. The Morgan fingerprint density at radius 2 is 1.59 bits per heavy atom. The van der Waals surface area contributed by atoms with E-state index in [1.54, 1.807) is 4.90 Å². The number of amides is 1. The van der Waals surface area contributed by atoms with E-state index in [0.29, 0.717) is 5.16 Å². The summed E-state index contributed by atoms with van der Waals surface area (Å²) in [6, 6.07) is 19.2. The summed E-state index contributed by atoms with van der Waals surface area (Å²) in [5.41, 5.74) is 3.23. The van der Waals surface area contributed by atoms with E-state index in [4.69, 9.17) is 0 Å². The molecule has 0 bridgehead atoms. The van der Waals surface area contributed by atoms with E-state index < -0.39 is 5.25 Å². The number of hydrogen-bond donors (Lipinski definition) is 1. The maximum absolute atomic E-state index is 13.4. The molecule has 1 amide bonds. The Hall–Kier alpha value is -2.86. The average molecular weight is 406 g/mol. The molecule has 3 aromatic rings. The average Bonchev–Trinajstić information content (AvgIpc) is 2.75. The molecule has 1 aliphatic rings. The summed E-state index contributed by atoms with van der Waals surface area (Å²) in [5, 5.41) is 0.0952. The van der Waals surface area contributed by atoms with Crippen molar-refractivity contribution in [3.05, 3.63) is 82.3 Å². The summed E-state index contributed by atoms with van der Waals surface area (Å²) >= 11 is 1.30. The molecule has 0 saturated heterocycles. The van der Waals surface area contributed by atoms with Crippen molar-refractivity contribution < 1.29 is 4.79 Å². The normalized spacial score (nSPS) is 14.1. The van der Waals surface area contributed by atoms with Crippen LogP contribution in [0.4, 0.5) is 11.4 Å². The molecule has 148 valence electrons. The Balaban J connectivity index is 1.61. The van der Waals surface area contributed by atoms with Crippen LogP contribution in [0, 0.1) is 0 Å². The van der Waals surface area contributed by atoms with Crippen molar-refractivity contribution in [2.24, 2.45) is 0 Å². The van der Waals surface area contributed by atoms with Gasteiger partial charge in [0.25, 0.3) is 5.56 Å². The number of rotatable bonds is 5. The molecule has 1 aliphatic carbocycles. The van der Waals surface area contributed by atoms with Gasteiger partial charge in [0.1, 0.15) is 0 Å². The summed E-state index contributed by atoms with van der Waals surface area (Å²) in [5.74, 6) is -0.0623. The molecule has 1 aromatic heterocycles. The number of para-hydroxylation sites is 2. The van der Waals surface area contributed by atoms with Crippen LogP contribution in [0.2, 0.25) is 0 Å². The SMILES string of the molecule is C[C@H](Sc1nc2c(c(=O)[nH]1)CCCC2)C(=O)N(c1ccccc1)c1ccccc1. The predicted molar refractivity (Wildman–Crippen MR) is 117 cm³/mol. The quantitative estimate of drug-likeness (QED) is 0.502. The highest BCUT2D eigenvalue weighted by molar-refractivity contribution is 8.00. The van der Waals surface area contributed by atoms with Gasteiger partial charge < -0.3 is 4.98 Å². The van der Waals surface area contributed by atoms with E-state index in [2.05, 4.69) is 9.97 Å². The first-order valence-electron chi connectivity index (χ1n) is 9.86. The van der Waals surface area contributed by atoms with Gasteiger partial charge in [0.15, 0.2) is 5.16 Å². The van der Waals surface area contributed by atoms with E-state index in [0.717, 1.165) is 48.3 Å². The number of aromatic amines is 1. The lowest BCUT2D eigenvalue weighted by Gasteiger charge is -2.26. The van der Waals surface area contributed by atoms with E-state index in [-0.39, 0.29) is 11.5 Å². The van der Waals surface area contributed by atoms with Gasteiger partial charge in [-0.15, -0.1) is 0 Å². The number of nitrogens with zero attached hydrogens (tertiary/aromatic N) is 2.